The zero-order valence-corrected chi connectivity index (χ0v) is 17.2. The first kappa shape index (κ1) is 22.2. The van der Waals surface area contributed by atoms with Gasteiger partial charge in [-0.1, -0.05) is 0 Å². The predicted octanol–water partition coefficient (Wildman–Crippen LogP) is 3.34. The van der Waals surface area contributed by atoms with Crippen molar-refractivity contribution in [2.75, 3.05) is 0 Å². The minimum atomic E-state index is -4.72. The third kappa shape index (κ3) is 5.34. The molecule has 2 aromatic carbocycles. The van der Waals surface area contributed by atoms with Gasteiger partial charge in [0, 0.05) is 0 Å². The van der Waals surface area contributed by atoms with Gasteiger partial charge < -0.3 is 5.10 Å². The molecule has 0 unspecified atom stereocenters. The molecular formula is C16H14N6O7S2. The second-order valence-corrected chi connectivity index (χ2v) is 8.86. The highest BCUT2D eigenvalue weighted by molar-refractivity contribution is 7.86. The zero-order valence-electron chi connectivity index (χ0n) is 15.6. The number of hydrogen-bond donors (Lipinski definition) is 4. The molecule has 0 spiro atoms. The molecule has 0 radical (unpaired) electrons. The van der Waals surface area contributed by atoms with E-state index in [1.54, 1.807) is 6.92 Å². The minimum absolute atomic E-state index is 0.0288. The second-order valence-electron chi connectivity index (χ2n) is 6.05. The van der Waals surface area contributed by atoms with E-state index in [0.29, 0.717) is 5.69 Å². The van der Waals surface area contributed by atoms with Crippen molar-refractivity contribution in [3.63, 3.8) is 0 Å². The Balaban J connectivity index is 1.93. The molecule has 3 aromatic rings. The van der Waals surface area contributed by atoms with Gasteiger partial charge in [-0.2, -0.15) is 27.1 Å². The van der Waals surface area contributed by atoms with Gasteiger partial charge in [-0.25, -0.2) is 0 Å². The van der Waals surface area contributed by atoms with Crippen LogP contribution in [0.3, 0.4) is 0 Å². The molecule has 0 aliphatic heterocycles. The molecule has 3 rings (SSSR count). The minimum Gasteiger partial charge on any atom is -0.300 e. The summed E-state index contributed by atoms with van der Waals surface area (Å²) in [6.45, 7) is 1.56. The van der Waals surface area contributed by atoms with Crippen LogP contribution in [0.15, 0.2) is 77.5 Å². The Labute approximate surface area is 175 Å². The van der Waals surface area contributed by atoms with E-state index in [4.69, 9.17) is 4.55 Å². The van der Waals surface area contributed by atoms with Crippen LogP contribution in [-0.2, 0) is 20.2 Å². The Morgan fingerprint density at radius 3 is 1.94 bits per heavy atom. The van der Waals surface area contributed by atoms with E-state index in [-0.39, 0.29) is 27.6 Å². The molecule has 1 heterocycles. The maximum atomic E-state index is 11.7. The summed E-state index contributed by atoms with van der Waals surface area (Å²) in [6, 6.07) is 8.31. The van der Waals surface area contributed by atoms with Crippen molar-refractivity contribution in [2.24, 2.45) is 20.5 Å². The average molecular weight is 466 g/mol. The third-order valence-electron chi connectivity index (χ3n) is 3.83. The Morgan fingerprint density at radius 1 is 0.774 bits per heavy atom. The highest BCUT2D eigenvalue weighted by Crippen LogP contribution is 2.31. The number of aromatic nitrogens is 2. The second kappa shape index (κ2) is 8.31. The monoisotopic (exact) mass is 466 g/mol. The van der Waals surface area contributed by atoms with Crippen molar-refractivity contribution < 1.29 is 25.9 Å². The zero-order chi connectivity index (χ0) is 22.8. The number of azo groups is 2. The largest absolute Gasteiger partial charge is 0.300 e. The van der Waals surface area contributed by atoms with Gasteiger partial charge in [0.05, 0.1) is 22.0 Å². The number of aryl methyl sites for hydroxylation is 1. The number of H-pyrrole nitrogens is 2. The summed E-state index contributed by atoms with van der Waals surface area (Å²) < 4.78 is 64.0. The summed E-state index contributed by atoms with van der Waals surface area (Å²) in [6.07, 6.45) is 0. The fourth-order valence-electron chi connectivity index (χ4n) is 2.32. The fraction of sp³-hybridized carbons (Fsp3) is 0.0625. The molecule has 0 bridgehead atoms. The molecule has 0 saturated heterocycles. The summed E-state index contributed by atoms with van der Waals surface area (Å²) >= 11 is 0. The number of nitrogens with one attached hydrogen (secondary N) is 2. The van der Waals surface area contributed by atoms with Crippen molar-refractivity contribution in [1.29, 1.82) is 0 Å². The summed E-state index contributed by atoms with van der Waals surface area (Å²) in [7, 11) is -9.07. The van der Waals surface area contributed by atoms with Gasteiger partial charge in [0.1, 0.15) is 10.6 Å². The number of aromatic amines is 2. The predicted molar refractivity (Wildman–Crippen MR) is 107 cm³/mol. The third-order valence-corrected chi connectivity index (χ3v) is 5.58. The van der Waals surface area contributed by atoms with E-state index in [1.807, 2.05) is 0 Å². The van der Waals surface area contributed by atoms with Gasteiger partial charge in [-0.15, -0.1) is 10.2 Å². The average Bonchev–Trinajstić information content (AvgIpc) is 3.01. The van der Waals surface area contributed by atoms with Crippen molar-refractivity contribution >= 4 is 43.0 Å². The first-order chi connectivity index (χ1) is 14.4. The normalized spacial score (nSPS) is 12.7. The molecule has 0 fully saturated rings. The molecule has 0 atom stereocenters. The maximum Gasteiger partial charge on any atom is 0.296 e. The quantitative estimate of drug-likeness (QED) is 0.314. The smallest absolute Gasteiger partial charge is 0.296 e. The van der Waals surface area contributed by atoms with Crippen LogP contribution in [-0.4, -0.2) is 36.1 Å². The highest BCUT2D eigenvalue weighted by atomic mass is 32.2. The lowest BCUT2D eigenvalue weighted by Crippen LogP contribution is -1.98. The van der Waals surface area contributed by atoms with E-state index in [2.05, 4.69) is 30.7 Å². The molecule has 31 heavy (non-hydrogen) atoms. The molecule has 4 N–H and O–H groups in total. The number of hydrogen-bond acceptors (Lipinski definition) is 9. The summed E-state index contributed by atoms with van der Waals surface area (Å²) in [5.74, 6) is 0. The van der Waals surface area contributed by atoms with Crippen molar-refractivity contribution in [3.05, 3.63) is 58.5 Å². The Kier molecular flexibility index (Phi) is 5.94. The van der Waals surface area contributed by atoms with Gasteiger partial charge in [-0.05, 0) is 49.4 Å². The highest BCUT2D eigenvalue weighted by Gasteiger charge is 2.17. The van der Waals surface area contributed by atoms with Crippen LogP contribution >= 0.6 is 0 Å². The number of rotatable bonds is 6. The summed E-state index contributed by atoms with van der Waals surface area (Å²) in [5.41, 5.74) is -0.224. The van der Waals surface area contributed by atoms with Gasteiger partial charge in [-0.3, -0.25) is 19.0 Å². The van der Waals surface area contributed by atoms with Crippen molar-refractivity contribution in [1.82, 2.24) is 10.2 Å². The lowest BCUT2D eigenvalue weighted by molar-refractivity contribution is 0.481. The Hall–Kier alpha value is -3.53. The van der Waals surface area contributed by atoms with Crippen LogP contribution < -0.4 is 5.56 Å². The molecule has 0 saturated carbocycles. The molecule has 0 aliphatic carbocycles. The van der Waals surface area contributed by atoms with Crippen LogP contribution in [0.4, 0.5) is 22.7 Å². The van der Waals surface area contributed by atoms with Crippen molar-refractivity contribution in [2.45, 2.75) is 16.7 Å². The van der Waals surface area contributed by atoms with Gasteiger partial charge in [0.25, 0.3) is 25.8 Å². The summed E-state index contributed by atoms with van der Waals surface area (Å²) in [5, 5.41) is 19.9. The standard InChI is InChI=1S/C16H14N6O7S2/c1-9-15(16(23)22-17-9)21-20-13-7-4-11(8-14(13)31(27,28)29)19-18-10-2-5-12(6-3-10)30(24,25)26/h2-8H,1H3,(H2,17,22,23)(H,24,25,26)(H,27,28,29). The van der Waals surface area contributed by atoms with Gasteiger partial charge in [0.2, 0.25) is 0 Å². The van der Waals surface area contributed by atoms with Crippen LogP contribution in [0.2, 0.25) is 0 Å². The van der Waals surface area contributed by atoms with Crippen molar-refractivity contribution in [3.8, 4) is 0 Å². The molecular weight excluding hydrogens is 452 g/mol. The summed E-state index contributed by atoms with van der Waals surface area (Å²) in [4.78, 5) is 10.7. The first-order valence-electron chi connectivity index (χ1n) is 8.25. The number of nitrogens with zero attached hydrogens (tertiary/aromatic N) is 4. The molecule has 1 aromatic heterocycles. The van der Waals surface area contributed by atoms with Gasteiger partial charge >= 0.3 is 0 Å². The van der Waals surface area contributed by atoms with E-state index in [9.17, 15) is 26.2 Å². The molecule has 15 heteroatoms. The van der Waals surface area contributed by atoms with Crippen LogP contribution in [0, 0.1) is 6.92 Å². The van der Waals surface area contributed by atoms with Crippen LogP contribution in [0.5, 0.6) is 0 Å². The van der Waals surface area contributed by atoms with E-state index in [0.717, 1.165) is 18.2 Å². The SMILES string of the molecule is Cc1[nH][nH]c(=O)c1N=Nc1ccc(N=Nc2ccc(S(=O)(=O)O)cc2)cc1S(=O)(=O)O. The lowest BCUT2D eigenvalue weighted by Gasteiger charge is -2.03. The Morgan fingerprint density at radius 2 is 1.39 bits per heavy atom. The molecule has 0 amide bonds. The van der Waals surface area contributed by atoms with E-state index < -0.39 is 30.7 Å². The lowest BCUT2D eigenvalue weighted by atomic mass is 10.3. The maximum absolute atomic E-state index is 11.7. The molecule has 162 valence electrons. The molecule has 0 aliphatic rings. The Bertz CT molecular complexity index is 1450. The van der Waals surface area contributed by atoms with Gasteiger partial charge in [0.15, 0.2) is 5.69 Å². The van der Waals surface area contributed by atoms with Crippen LogP contribution in [0.1, 0.15) is 5.69 Å². The molecule has 13 nitrogen and oxygen atoms in total. The topological polar surface area (TPSA) is 207 Å². The fourth-order valence-corrected chi connectivity index (χ4v) is 3.44. The van der Waals surface area contributed by atoms with E-state index >= 15 is 0 Å². The number of benzene rings is 2. The van der Waals surface area contributed by atoms with E-state index in [1.165, 1.54) is 24.3 Å². The van der Waals surface area contributed by atoms with Crippen LogP contribution in [0.25, 0.3) is 0 Å². The first-order valence-corrected chi connectivity index (χ1v) is 11.1.